The van der Waals surface area contributed by atoms with Gasteiger partial charge < -0.3 is 9.47 Å². The Morgan fingerprint density at radius 3 is 2.50 bits per heavy atom. The van der Waals surface area contributed by atoms with Gasteiger partial charge in [0.15, 0.2) is 0 Å². The van der Waals surface area contributed by atoms with Gasteiger partial charge in [0.2, 0.25) is 0 Å². The Hall–Kier alpha value is -3.48. The minimum absolute atomic E-state index is 0.0115. The maximum atomic E-state index is 15.0. The van der Waals surface area contributed by atoms with E-state index in [1.807, 2.05) is 73.9 Å². The molecule has 34 heavy (non-hydrogen) atoms. The highest BCUT2D eigenvalue weighted by atomic mass is 19.1. The summed E-state index contributed by atoms with van der Waals surface area (Å²) in [6, 6.07) is 21.4. The fourth-order valence-corrected chi connectivity index (χ4v) is 4.57. The smallest absolute Gasteiger partial charge is 0.131 e. The van der Waals surface area contributed by atoms with Crippen LogP contribution in [0.15, 0.2) is 79.1 Å². The molecule has 1 aliphatic heterocycles. The van der Waals surface area contributed by atoms with Gasteiger partial charge in [-0.1, -0.05) is 42.5 Å². The van der Waals surface area contributed by atoms with Crippen LogP contribution in [0, 0.1) is 5.82 Å². The average Bonchev–Trinajstić information content (AvgIpc) is 3.41. The van der Waals surface area contributed by atoms with E-state index in [4.69, 9.17) is 9.47 Å². The predicted octanol–water partition coefficient (Wildman–Crippen LogP) is 5.70. The van der Waals surface area contributed by atoms with Gasteiger partial charge in [0.1, 0.15) is 11.6 Å². The Bertz CT molecular complexity index is 1220. The summed E-state index contributed by atoms with van der Waals surface area (Å²) in [5.74, 6) is 0.610. The molecule has 2 heterocycles. The molecule has 6 heteroatoms. The number of nitrogens with one attached hydrogen (secondary N) is 1. The second kappa shape index (κ2) is 10.2. The van der Waals surface area contributed by atoms with Crippen molar-refractivity contribution in [2.24, 2.45) is 0 Å². The first kappa shape index (κ1) is 22.3. The Kier molecular flexibility index (Phi) is 6.70. The number of nitrogens with zero attached hydrogens (tertiary/aromatic N) is 2. The molecule has 0 bridgehead atoms. The first-order valence-electron chi connectivity index (χ1n) is 11.7. The van der Waals surface area contributed by atoms with Crippen LogP contribution in [-0.2, 0) is 4.74 Å². The summed E-state index contributed by atoms with van der Waals surface area (Å²) in [5.41, 5.74) is 5.66. The van der Waals surface area contributed by atoms with E-state index in [1.165, 1.54) is 0 Å². The number of H-pyrrole nitrogens is 1. The quantitative estimate of drug-likeness (QED) is 0.387. The minimum Gasteiger partial charge on any atom is -0.494 e. The van der Waals surface area contributed by atoms with E-state index in [9.17, 15) is 4.39 Å². The van der Waals surface area contributed by atoms with Crippen LogP contribution in [0.1, 0.15) is 24.1 Å². The zero-order valence-corrected chi connectivity index (χ0v) is 19.2. The number of morpholine rings is 1. The van der Waals surface area contributed by atoms with Gasteiger partial charge in [-0.3, -0.25) is 10.00 Å². The van der Waals surface area contributed by atoms with Crippen molar-refractivity contribution in [1.29, 1.82) is 0 Å². The van der Waals surface area contributed by atoms with Crippen molar-refractivity contribution >= 4 is 0 Å². The van der Waals surface area contributed by atoms with E-state index in [-0.39, 0.29) is 11.9 Å². The second-order valence-corrected chi connectivity index (χ2v) is 8.36. The van der Waals surface area contributed by atoms with Crippen LogP contribution >= 0.6 is 0 Å². The van der Waals surface area contributed by atoms with E-state index in [0.29, 0.717) is 25.4 Å². The average molecular weight is 458 g/mol. The highest BCUT2D eigenvalue weighted by molar-refractivity contribution is 5.72. The van der Waals surface area contributed by atoms with Gasteiger partial charge in [-0.2, -0.15) is 5.10 Å². The summed E-state index contributed by atoms with van der Waals surface area (Å²) in [5, 5.41) is 7.07. The topological polar surface area (TPSA) is 50.4 Å². The Balaban J connectivity index is 1.47. The highest BCUT2D eigenvalue weighted by Crippen LogP contribution is 2.34. The van der Waals surface area contributed by atoms with E-state index >= 15 is 0 Å². The molecule has 1 N–H and O–H groups in total. The molecular formula is C28H28FN3O2. The molecule has 4 aromatic rings. The van der Waals surface area contributed by atoms with Crippen LogP contribution in [0.3, 0.4) is 0 Å². The molecule has 1 saturated heterocycles. The molecule has 5 nitrogen and oxygen atoms in total. The van der Waals surface area contributed by atoms with Gasteiger partial charge in [-0.05, 0) is 53.4 Å². The SMILES string of the molecule is CCOc1cccc(-c2ccc(-c3cc(C(c4cn[nH]c4)N4CCOCC4)ccc3F)cc2)c1. The maximum Gasteiger partial charge on any atom is 0.131 e. The molecule has 0 amide bonds. The largest absolute Gasteiger partial charge is 0.494 e. The van der Waals surface area contributed by atoms with Crippen LogP contribution in [0.2, 0.25) is 0 Å². The molecule has 5 rings (SSSR count). The fraction of sp³-hybridized carbons (Fsp3) is 0.250. The van der Waals surface area contributed by atoms with Gasteiger partial charge in [0, 0.05) is 30.4 Å². The Morgan fingerprint density at radius 1 is 0.971 bits per heavy atom. The Labute approximate surface area is 199 Å². The lowest BCUT2D eigenvalue weighted by molar-refractivity contribution is 0.0239. The third-order valence-electron chi connectivity index (χ3n) is 6.23. The minimum atomic E-state index is -0.234. The van der Waals surface area contributed by atoms with Crippen molar-refractivity contribution < 1.29 is 13.9 Å². The normalized spacial score (nSPS) is 15.2. The van der Waals surface area contributed by atoms with E-state index in [0.717, 1.165) is 46.7 Å². The first-order chi connectivity index (χ1) is 16.7. The van der Waals surface area contributed by atoms with Crippen molar-refractivity contribution in [3.05, 3.63) is 96.1 Å². The van der Waals surface area contributed by atoms with Crippen LogP contribution in [0.25, 0.3) is 22.3 Å². The number of aromatic nitrogens is 2. The standard InChI is InChI=1S/C28H28FN3O2/c1-2-34-25-5-3-4-22(16-25)20-6-8-21(9-7-20)26-17-23(10-11-27(26)29)28(24-18-30-31-19-24)32-12-14-33-15-13-32/h3-11,16-19,28H,2,12-15H2,1H3,(H,30,31). The summed E-state index contributed by atoms with van der Waals surface area (Å²) < 4.78 is 26.2. The third-order valence-corrected chi connectivity index (χ3v) is 6.23. The highest BCUT2D eigenvalue weighted by Gasteiger charge is 2.26. The summed E-state index contributed by atoms with van der Waals surface area (Å²) in [6.07, 6.45) is 3.75. The van der Waals surface area contributed by atoms with Gasteiger partial charge >= 0.3 is 0 Å². The molecule has 1 unspecified atom stereocenters. The molecule has 1 atom stereocenters. The molecule has 0 saturated carbocycles. The van der Waals surface area contributed by atoms with E-state index in [1.54, 1.807) is 6.07 Å². The molecule has 1 fully saturated rings. The molecule has 3 aromatic carbocycles. The zero-order chi connectivity index (χ0) is 23.3. The first-order valence-corrected chi connectivity index (χ1v) is 11.7. The molecule has 1 aliphatic rings. The van der Waals surface area contributed by atoms with Gasteiger partial charge in [-0.25, -0.2) is 4.39 Å². The van der Waals surface area contributed by atoms with Crippen molar-refractivity contribution in [1.82, 2.24) is 15.1 Å². The summed E-state index contributed by atoms with van der Waals surface area (Å²) >= 11 is 0. The lowest BCUT2D eigenvalue weighted by Gasteiger charge is -2.34. The number of benzene rings is 3. The van der Waals surface area contributed by atoms with Gasteiger partial charge in [0.05, 0.1) is 32.1 Å². The predicted molar refractivity (Wildman–Crippen MR) is 131 cm³/mol. The third kappa shape index (κ3) is 4.74. The van der Waals surface area contributed by atoms with Crippen molar-refractivity contribution in [2.75, 3.05) is 32.9 Å². The summed E-state index contributed by atoms with van der Waals surface area (Å²) in [6.45, 7) is 5.61. The monoisotopic (exact) mass is 457 g/mol. The maximum absolute atomic E-state index is 15.0. The van der Waals surface area contributed by atoms with E-state index < -0.39 is 0 Å². The molecular weight excluding hydrogens is 429 g/mol. The van der Waals surface area contributed by atoms with Crippen LogP contribution in [0.5, 0.6) is 5.75 Å². The number of ether oxygens (including phenoxy) is 2. The lowest BCUT2D eigenvalue weighted by atomic mass is 9.94. The van der Waals surface area contributed by atoms with Crippen molar-refractivity contribution in [2.45, 2.75) is 13.0 Å². The number of halogens is 1. The van der Waals surface area contributed by atoms with Crippen molar-refractivity contribution in [3.8, 4) is 28.0 Å². The van der Waals surface area contributed by atoms with Gasteiger partial charge in [0.25, 0.3) is 0 Å². The summed E-state index contributed by atoms with van der Waals surface area (Å²) in [4.78, 5) is 2.36. The number of rotatable bonds is 7. The molecule has 1 aromatic heterocycles. The zero-order valence-electron chi connectivity index (χ0n) is 19.2. The number of hydrogen-bond donors (Lipinski definition) is 1. The molecule has 174 valence electrons. The Morgan fingerprint density at radius 2 is 1.76 bits per heavy atom. The molecule has 0 aliphatic carbocycles. The fourth-order valence-electron chi connectivity index (χ4n) is 4.57. The van der Waals surface area contributed by atoms with Crippen molar-refractivity contribution in [3.63, 3.8) is 0 Å². The number of hydrogen-bond acceptors (Lipinski definition) is 4. The molecule has 0 radical (unpaired) electrons. The second-order valence-electron chi connectivity index (χ2n) is 8.36. The van der Waals surface area contributed by atoms with E-state index in [2.05, 4.69) is 21.2 Å². The lowest BCUT2D eigenvalue weighted by Crippen LogP contribution is -2.39. The van der Waals surface area contributed by atoms with Gasteiger partial charge in [-0.15, -0.1) is 0 Å². The van der Waals surface area contributed by atoms with Crippen LogP contribution in [-0.4, -0.2) is 48.0 Å². The van der Waals surface area contributed by atoms with Crippen LogP contribution < -0.4 is 4.74 Å². The summed E-state index contributed by atoms with van der Waals surface area (Å²) in [7, 11) is 0. The van der Waals surface area contributed by atoms with Crippen LogP contribution in [0.4, 0.5) is 4.39 Å². The number of aromatic amines is 1. The molecule has 0 spiro atoms.